The van der Waals surface area contributed by atoms with E-state index < -0.39 is 7.12 Å². The molecular weight excluding hydrogens is 2030 g/mol. The predicted octanol–water partition coefficient (Wildman–Crippen LogP) is 32.9. The summed E-state index contributed by atoms with van der Waals surface area (Å²) in [6.07, 6.45) is 3.67. The summed E-state index contributed by atoms with van der Waals surface area (Å²) in [7, 11) is 40.4. The van der Waals surface area contributed by atoms with Gasteiger partial charge in [0.15, 0.2) is 10.6 Å². The van der Waals surface area contributed by atoms with Gasteiger partial charge in [-0.2, -0.15) is 0 Å². The van der Waals surface area contributed by atoms with Gasteiger partial charge in [0.1, 0.15) is 34.0 Å². The highest BCUT2D eigenvalue weighted by molar-refractivity contribution is 9.40. The smallest absolute Gasteiger partial charge is 0.423 e. The Bertz CT molecular complexity index is 7100. The number of nitrogens with zero attached hydrogens (tertiary/aromatic N) is 10. The average molecular weight is 2110 g/mol. The minimum atomic E-state index is -1.34. The molecule has 0 fully saturated rings. The summed E-state index contributed by atoms with van der Waals surface area (Å²) < 4.78 is 9.93. The summed E-state index contributed by atoms with van der Waals surface area (Å²) in [4.78, 5) is 40.2. The van der Waals surface area contributed by atoms with E-state index in [-0.39, 0.29) is 76.9 Å². The molecule has 10 heterocycles. The lowest BCUT2D eigenvalue weighted by Gasteiger charge is -2.48. The topological polar surface area (TPSA) is 153 Å². The maximum Gasteiger partial charge on any atom is 0.488 e. The SMILES string of the molecule is Brc1nc(-c2ccc3sc4ccccc4c3c2)c2ccc3ccc(-n4c5ccccc5c5cccnc54)nc3c2n1.OB(O)c1ccccc1.PP(P)P(P)P(P(P)P)P(P(P(P)P)P(P)P)P(P(P)P)P(P)P.c1ccc(-c2nc(-c3ccc4sc5ccccc5c4c3)c3ccc4ccc(-n5c6ccccc6c6cccnc65)nc4c3n2)cc1. The van der Waals surface area contributed by atoms with Gasteiger partial charge in [-0.05, 0) is 207 Å². The molecule has 0 aliphatic rings. The quantitative estimate of drug-likeness (QED) is 0.0414. The Morgan fingerprint density at radius 2 is 0.708 bits per heavy atom. The van der Waals surface area contributed by atoms with Crippen LogP contribution in [0.25, 0.3) is 173 Å². The molecule has 40 heteroatoms. The minimum absolute atomic E-state index is 0.00181. The largest absolute Gasteiger partial charge is 0.488 e. The van der Waals surface area contributed by atoms with Crippen molar-refractivity contribution >= 4 is 372 Å². The van der Waals surface area contributed by atoms with Crippen molar-refractivity contribution in [2.24, 2.45) is 0 Å². The zero-order valence-electron chi connectivity index (χ0n) is 63.1. The third kappa shape index (κ3) is 19.1. The lowest BCUT2D eigenvalue weighted by molar-refractivity contribution is 0.426. The standard InChI is InChI=1S/C40H23N5S.C34H18BrN5S.C6H7BO2.H26P24/c1-2-9-25(10-3-1)39-43-36(26-17-20-34-31(23-26)28-12-5-7-15-33(28)46-34)30-19-16-24-18-21-35(42-37(24)38(30)44-39)45-32-14-6-4-11-27(32)29-13-8-22-41-40(29)45;35-34-38-30(20-12-15-28-25(18-20)22-7-2-4-10-27(22)41-28)24-14-11-19-13-16-29(37-31(19)32(24)39-34)40-26-9-3-1-6-21(26)23-8-5-17-36-33(23)40;8-7(9)6-4-2-1-3-5-6;1-14(2)20(13)23(19(11)12)24(21(15(3)4)16(5)6)22(17(7)8)18(9)10/h1-23H;1-18H;1-5,8-9H;1-13H2. The summed E-state index contributed by atoms with van der Waals surface area (Å²) in [5.74, 6) is 2.28. The second-order valence-corrected chi connectivity index (χ2v) is 125. The summed E-state index contributed by atoms with van der Waals surface area (Å²) in [5.41, 5.74) is 12.6. The molecule has 0 spiro atoms. The third-order valence-corrected chi connectivity index (χ3v) is 177. The van der Waals surface area contributed by atoms with Crippen LogP contribution in [0.15, 0.2) is 284 Å². The number of fused-ring (bicyclic) bond motifs is 18. The number of aromatic nitrogens is 10. The van der Waals surface area contributed by atoms with Crippen molar-refractivity contribution in [3.63, 3.8) is 0 Å². The highest BCUT2D eigenvalue weighted by atomic mass is 79.9. The molecular formula is C80H74BBrN10O2P24S2. The first-order chi connectivity index (χ1) is 58.2. The van der Waals surface area contributed by atoms with Crippen molar-refractivity contribution in [1.82, 2.24) is 49.0 Å². The zero-order chi connectivity index (χ0) is 83.3. The predicted molar refractivity (Wildman–Crippen MR) is 602 cm³/mol. The van der Waals surface area contributed by atoms with Crippen molar-refractivity contribution in [1.29, 1.82) is 0 Å². The fourth-order valence-electron chi connectivity index (χ4n) is 14.5. The van der Waals surface area contributed by atoms with Gasteiger partial charge in [-0.3, -0.25) is 9.13 Å². The van der Waals surface area contributed by atoms with Crippen LogP contribution in [0.5, 0.6) is 0 Å². The van der Waals surface area contributed by atoms with Gasteiger partial charge >= 0.3 is 7.12 Å². The van der Waals surface area contributed by atoms with Crippen LogP contribution in [0.4, 0.5) is 0 Å². The lowest BCUT2D eigenvalue weighted by atomic mass is 9.81. The first-order valence-corrected chi connectivity index (χ1v) is 81.8. The van der Waals surface area contributed by atoms with Gasteiger partial charge < -0.3 is 10.0 Å². The van der Waals surface area contributed by atoms with Crippen molar-refractivity contribution in [3.05, 3.63) is 284 Å². The number of para-hydroxylation sites is 2. The van der Waals surface area contributed by atoms with Crippen LogP contribution >= 0.6 is 232 Å². The summed E-state index contributed by atoms with van der Waals surface area (Å²) in [6, 6.07) is 91.2. The molecule has 12 nitrogen and oxygen atoms in total. The average Bonchev–Trinajstić information content (AvgIpc) is 1.53. The number of rotatable bonds is 16. The lowest BCUT2D eigenvalue weighted by Crippen LogP contribution is -2.29. The van der Waals surface area contributed by atoms with E-state index in [4.69, 9.17) is 49.9 Å². The maximum atomic E-state index is 8.58. The molecule has 0 radical (unpaired) electrons. The molecule has 598 valence electrons. The first-order valence-electron chi connectivity index (χ1n) is 36.6. The minimum Gasteiger partial charge on any atom is -0.423 e. The third-order valence-electron chi connectivity index (χ3n) is 19.7. The zero-order valence-corrected chi connectivity index (χ0v) is 91.2. The van der Waals surface area contributed by atoms with E-state index >= 15 is 0 Å². The van der Waals surface area contributed by atoms with Crippen molar-refractivity contribution < 1.29 is 10.0 Å². The van der Waals surface area contributed by atoms with Crippen molar-refractivity contribution in [2.45, 2.75) is 0 Å². The first kappa shape index (κ1) is 90.7. The van der Waals surface area contributed by atoms with E-state index in [1.165, 1.54) is 40.3 Å². The molecule has 0 aliphatic carbocycles. The summed E-state index contributed by atoms with van der Waals surface area (Å²) in [5, 5.41) is 30.7. The van der Waals surface area contributed by atoms with Crippen LogP contribution in [0, 0.1) is 0 Å². The van der Waals surface area contributed by atoms with Gasteiger partial charge in [0.05, 0.1) is 33.5 Å². The van der Waals surface area contributed by atoms with Gasteiger partial charge in [-0.1, -0.05) is 158 Å². The molecule has 15 atom stereocenters. The molecule has 0 aliphatic heterocycles. The Labute approximate surface area is 753 Å². The monoisotopic (exact) mass is 2100 g/mol. The fourth-order valence-corrected chi connectivity index (χ4v) is 306. The molecule has 20 rings (SSSR count). The fraction of sp³-hybridized carbons (Fsp3) is 0. The van der Waals surface area contributed by atoms with E-state index in [1.807, 2.05) is 71.5 Å². The molecule has 0 amide bonds. The number of pyridine rings is 4. The van der Waals surface area contributed by atoms with E-state index in [0.29, 0.717) is 16.0 Å². The van der Waals surface area contributed by atoms with Gasteiger partial charge in [-0.25, -0.2) is 39.9 Å². The van der Waals surface area contributed by atoms with Crippen molar-refractivity contribution in [3.8, 4) is 45.5 Å². The normalized spacial score (nSPS) is 12.6. The Hall–Kier alpha value is -1.18. The van der Waals surface area contributed by atoms with Crippen LogP contribution < -0.4 is 5.46 Å². The number of hydrogen-bond donors (Lipinski definition) is 2. The molecule has 0 saturated heterocycles. The number of halogens is 1. The van der Waals surface area contributed by atoms with Crippen LogP contribution in [0.3, 0.4) is 0 Å². The van der Waals surface area contributed by atoms with Crippen LogP contribution in [-0.4, -0.2) is 66.2 Å². The number of thiophene rings is 2. The number of benzene rings is 10. The second-order valence-electron chi connectivity index (χ2n) is 27.0. The highest BCUT2D eigenvalue weighted by Crippen LogP contribution is 3.34. The maximum absolute atomic E-state index is 8.58. The Balaban J connectivity index is 0.000000127. The van der Waals surface area contributed by atoms with E-state index in [2.05, 4.69) is 347 Å². The number of hydrogen-bond acceptors (Lipinski definition) is 12. The summed E-state index contributed by atoms with van der Waals surface area (Å²) >= 11 is 7.25. The van der Waals surface area contributed by atoms with Crippen LogP contribution in [0.1, 0.15) is 0 Å². The van der Waals surface area contributed by atoms with Crippen molar-refractivity contribution in [2.75, 3.05) is 0 Å². The molecule has 0 saturated carbocycles. The van der Waals surface area contributed by atoms with E-state index in [0.717, 1.165) is 127 Å². The van der Waals surface area contributed by atoms with Gasteiger partial charge in [0, 0.05) is 113 Å². The highest BCUT2D eigenvalue weighted by Gasteiger charge is 2.46. The van der Waals surface area contributed by atoms with Gasteiger partial charge in [0.2, 0.25) is 0 Å². The molecule has 120 heavy (non-hydrogen) atoms. The van der Waals surface area contributed by atoms with E-state index in [9.17, 15) is 0 Å². The van der Waals surface area contributed by atoms with Gasteiger partial charge in [0.25, 0.3) is 0 Å². The molecule has 15 unspecified atom stereocenters. The van der Waals surface area contributed by atoms with Crippen LogP contribution in [-0.2, 0) is 0 Å². The van der Waals surface area contributed by atoms with Crippen LogP contribution in [0.2, 0.25) is 0 Å². The Morgan fingerprint density at radius 1 is 0.308 bits per heavy atom. The Morgan fingerprint density at radius 3 is 1.16 bits per heavy atom. The molecule has 10 aromatic carbocycles. The molecule has 0 bridgehead atoms. The molecule has 20 aromatic rings. The molecule has 10 aromatic heterocycles. The summed E-state index contributed by atoms with van der Waals surface area (Å²) in [6.45, 7) is 0.374. The molecule has 2 N–H and O–H groups in total. The van der Waals surface area contributed by atoms with Gasteiger partial charge in [-0.15, -0.1) is 139 Å². The van der Waals surface area contributed by atoms with E-state index in [1.54, 1.807) is 24.3 Å². The Kier molecular flexibility index (Phi) is 30.8. The second kappa shape index (κ2) is 40.7.